The molecule has 4 N–H and O–H groups in total. The molecule has 0 spiro atoms. The number of halogens is 1. The summed E-state index contributed by atoms with van der Waals surface area (Å²) < 4.78 is 6.46. The highest BCUT2D eigenvalue weighted by Gasteiger charge is 2.36. The van der Waals surface area contributed by atoms with Crippen molar-refractivity contribution in [1.29, 1.82) is 0 Å². The van der Waals surface area contributed by atoms with Crippen LogP contribution in [0.25, 0.3) is 22.3 Å². The molecule has 2 atom stereocenters. The van der Waals surface area contributed by atoms with Gasteiger partial charge in [-0.2, -0.15) is 0 Å². The number of aliphatic hydroxyl groups is 1. The first-order chi connectivity index (χ1) is 14.7. The van der Waals surface area contributed by atoms with Crippen LogP contribution in [0.3, 0.4) is 0 Å². The molecule has 2 aromatic carbocycles. The summed E-state index contributed by atoms with van der Waals surface area (Å²) in [5, 5.41) is 40.0. The highest BCUT2D eigenvalue weighted by atomic mass is 79.9. The van der Waals surface area contributed by atoms with Gasteiger partial charge in [-0.15, -0.1) is 0 Å². The number of phenols is 2. The van der Waals surface area contributed by atoms with Gasteiger partial charge in [-0.25, -0.2) is 4.79 Å². The molecular formula is C22H20BrNO7. The number of hydrogen-bond acceptors (Lipinski definition) is 7. The van der Waals surface area contributed by atoms with E-state index in [2.05, 4.69) is 15.9 Å². The third kappa shape index (κ3) is 3.58. The van der Waals surface area contributed by atoms with Gasteiger partial charge in [0.25, 0.3) is 0 Å². The van der Waals surface area contributed by atoms with E-state index in [1.807, 2.05) is 11.9 Å². The van der Waals surface area contributed by atoms with E-state index in [0.29, 0.717) is 28.6 Å². The minimum atomic E-state index is -1.09. The molecule has 8 nitrogen and oxygen atoms in total. The van der Waals surface area contributed by atoms with Crippen LogP contribution in [0.1, 0.15) is 28.3 Å². The fraction of sp³-hybridized carbons (Fsp3) is 0.273. The maximum atomic E-state index is 12.9. The number of likely N-dealkylation sites (N-methyl/N-ethyl adjacent to an activating group) is 1. The average molecular weight is 490 g/mol. The van der Waals surface area contributed by atoms with Crippen molar-refractivity contribution < 1.29 is 29.6 Å². The number of aromatic carboxylic acids is 1. The van der Waals surface area contributed by atoms with Crippen LogP contribution in [0.15, 0.2) is 44.0 Å². The van der Waals surface area contributed by atoms with Gasteiger partial charge in [-0.05, 0) is 38.2 Å². The monoisotopic (exact) mass is 489 g/mol. The molecular weight excluding hydrogens is 470 g/mol. The zero-order chi connectivity index (χ0) is 22.4. The van der Waals surface area contributed by atoms with Crippen molar-refractivity contribution in [1.82, 2.24) is 4.90 Å². The molecule has 31 heavy (non-hydrogen) atoms. The first-order valence-corrected chi connectivity index (χ1v) is 10.4. The number of aromatic hydroxyl groups is 2. The Morgan fingerprint density at radius 1 is 1.23 bits per heavy atom. The summed E-state index contributed by atoms with van der Waals surface area (Å²) in [7, 11) is 1.86. The van der Waals surface area contributed by atoms with Gasteiger partial charge in [0.15, 0.2) is 5.43 Å². The Hall–Kier alpha value is -2.88. The molecule has 0 radical (unpaired) electrons. The van der Waals surface area contributed by atoms with Crippen molar-refractivity contribution in [3.05, 3.63) is 56.2 Å². The lowest BCUT2D eigenvalue weighted by Crippen LogP contribution is -2.32. The molecule has 3 aromatic rings. The third-order valence-corrected chi connectivity index (χ3v) is 6.52. The maximum absolute atomic E-state index is 12.9. The van der Waals surface area contributed by atoms with Crippen LogP contribution < -0.4 is 5.43 Å². The second-order valence-corrected chi connectivity index (χ2v) is 8.49. The Bertz CT molecular complexity index is 1250. The molecule has 4 rings (SSSR count). The van der Waals surface area contributed by atoms with Gasteiger partial charge in [0.2, 0.25) is 0 Å². The van der Waals surface area contributed by atoms with Gasteiger partial charge in [0, 0.05) is 39.7 Å². The predicted molar refractivity (Wildman–Crippen MR) is 117 cm³/mol. The molecule has 1 aliphatic rings. The largest absolute Gasteiger partial charge is 0.507 e. The van der Waals surface area contributed by atoms with E-state index in [1.54, 1.807) is 0 Å². The molecule has 0 bridgehead atoms. The van der Waals surface area contributed by atoms with Gasteiger partial charge in [-0.1, -0.05) is 15.9 Å². The molecule has 162 valence electrons. The third-order valence-electron chi connectivity index (χ3n) is 5.86. The van der Waals surface area contributed by atoms with Gasteiger partial charge in [0.1, 0.15) is 28.2 Å². The second kappa shape index (κ2) is 7.99. The Balaban J connectivity index is 1.98. The van der Waals surface area contributed by atoms with Crippen LogP contribution in [0.5, 0.6) is 11.5 Å². The molecule has 2 unspecified atom stereocenters. The molecule has 9 heteroatoms. The summed E-state index contributed by atoms with van der Waals surface area (Å²) in [5.74, 6) is -1.87. The molecule has 2 heterocycles. The number of hydrogen-bond donors (Lipinski definition) is 4. The lowest BCUT2D eigenvalue weighted by molar-refractivity contribution is 0.0696. The van der Waals surface area contributed by atoms with Crippen LogP contribution >= 0.6 is 15.9 Å². The minimum absolute atomic E-state index is 0.0490. The van der Waals surface area contributed by atoms with Crippen LogP contribution in [-0.2, 0) is 0 Å². The van der Waals surface area contributed by atoms with Crippen LogP contribution in [0.4, 0.5) is 0 Å². The average Bonchev–Trinajstić information content (AvgIpc) is 3.07. The highest BCUT2D eigenvalue weighted by Crippen LogP contribution is 2.44. The number of fused-ring (bicyclic) bond motifs is 1. The molecule has 1 aliphatic heterocycles. The van der Waals surface area contributed by atoms with Crippen molar-refractivity contribution in [3.8, 4) is 22.8 Å². The number of likely N-dealkylation sites (tertiary alicyclic amines) is 1. The summed E-state index contributed by atoms with van der Waals surface area (Å²) >= 11 is 3.32. The summed E-state index contributed by atoms with van der Waals surface area (Å²) in [5.41, 5.74) is 0.409. The zero-order valence-corrected chi connectivity index (χ0v) is 18.1. The second-order valence-electron chi connectivity index (χ2n) is 7.63. The van der Waals surface area contributed by atoms with Crippen LogP contribution in [0.2, 0.25) is 0 Å². The number of aliphatic hydroxyl groups excluding tert-OH is 1. The summed E-state index contributed by atoms with van der Waals surface area (Å²) in [6, 6.07) is 6.36. The predicted octanol–water partition coefficient (Wildman–Crippen LogP) is 3.11. The maximum Gasteiger partial charge on any atom is 0.335 e. The Morgan fingerprint density at radius 3 is 2.61 bits per heavy atom. The van der Waals surface area contributed by atoms with E-state index in [-0.39, 0.29) is 46.6 Å². The lowest BCUT2D eigenvalue weighted by atomic mass is 9.89. The van der Waals surface area contributed by atoms with Crippen molar-refractivity contribution in [2.45, 2.75) is 18.4 Å². The molecule has 0 saturated carbocycles. The topological polar surface area (TPSA) is 131 Å². The summed E-state index contributed by atoms with van der Waals surface area (Å²) in [6.07, 6.45) is 0.625. The summed E-state index contributed by atoms with van der Waals surface area (Å²) in [6.45, 7) is 0.541. The molecule has 1 saturated heterocycles. The lowest BCUT2D eigenvalue weighted by Gasteiger charge is -2.24. The van der Waals surface area contributed by atoms with E-state index in [1.165, 1.54) is 24.3 Å². The Labute approximate surface area is 185 Å². The molecule has 1 fully saturated rings. The van der Waals surface area contributed by atoms with Gasteiger partial charge < -0.3 is 29.7 Å². The fourth-order valence-electron chi connectivity index (χ4n) is 4.27. The van der Waals surface area contributed by atoms with E-state index in [4.69, 9.17) is 4.42 Å². The number of benzene rings is 2. The van der Waals surface area contributed by atoms with Crippen molar-refractivity contribution >= 4 is 32.9 Å². The smallest absolute Gasteiger partial charge is 0.335 e. The van der Waals surface area contributed by atoms with Crippen molar-refractivity contribution in [3.63, 3.8) is 0 Å². The Kier molecular flexibility index (Phi) is 5.50. The van der Waals surface area contributed by atoms with Crippen molar-refractivity contribution in [2.24, 2.45) is 0 Å². The van der Waals surface area contributed by atoms with E-state index in [9.17, 15) is 30.0 Å². The molecule has 1 aromatic heterocycles. The first-order valence-electron chi connectivity index (χ1n) is 9.60. The number of phenolic OH excluding ortho intramolecular Hbond substituents is 2. The minimum Gasteiger partial charge on any atom is -0.507 e. The standard InChI is InChI=1S/C22H20BrNO7/c1-24-5-4-12(14(24)9-25)19-15(26)7-16(27)20-17(28)8-18(31-21(19)20)11-3-2-10(22(29)30)6-13(11)23/h2-3,6-8,12,14,25-27H,4-5,9H2,1H3,(H,29,30). The number of rotatable bonds is 4. The highest BCUT2D eigenvalue weighted by molar-refractivity contribution is 9.10. The van der Waals surface area contributed by atoms with Gasteiger partial charge >= 0.3 is 5.97 Å². The number of carboxylic acid groups (broad SMARTS) is 1. The quantitative estimate of drug-likeness (QED) is 0.439. The number of carbonyl (C=O) groups is 1. The molecule has 0 amide bonds. The molecule has 0 aliphatic carbocycles. The van der Waals surface area contributed by atoms with Crippen molar-refractivity contribution in [2.75, 3.05) is 20.2 Å². The summed E-state index contributed by atoms with van der Waals surface area (Å²) in [4.78, 5) is 26.1. The first kappa shape index (κ1) is 21.4. The van der Waals surface area contributed by atoms with E-state index in [0.717, 1.165) is 6.07 Å². The normalized spacial score (nSPS) is 19.2. The fourth-order valence-corrected chi connectivity index (χ4v) is 4.85. The van der Waals surface area contributed by atoms with Crippen LogP contribution in [0, 0.1) is 0 Å². The number of nitrogens with zero attached hydrogens (tertiary/aromatic N) is 1. The number of carboxylic acids is 1. The Morgan fingerprint density at radius 2 is 1.97 bits per heavy atom. The SMILES string of the molecule is CN1CCC(c2c(O)cc(O)c3c(=O)cc(-c4ccc(C(=O)O)cc4Br)oc23)C1CO. The van der Waals surface area contributed by atoms with Gasteiger partial charge in [-0.3, -0.25) is 4.79 Å². The van der Waals surface area contributed by atoms with Gasteiger partial charge in [0.05, 0.1) is 12.2 Å². The van der Waals surface area contributed by atoms with E-state index < -0.39 is 17.1 Å². The zero-order valence-electron chi connectivity index (χ0n) is 16.5. The van der Waals surface area contributed by atoms with Crippen LogP contribution in [-0.4, -0.2) is 57.5 Å². The van der Waals surface area contributed by atoms with E-state index >= 15 is 0 Å².